The molecular weight excluding hydrogens is 210 g/mol. The molecule has 0 rings (SSSR count). The van der Waals surface area contributed by atoms with E-state index in [4.69, 9.17) is 0 Å². The third-order valence-corrected chi connectivity index (χ3v) is 3.07. The van der Waals surface area contributed by atoms with Gasteiger partial charge in [0.2, 0.25) is 0 Å². The molecule has 0 bridgehead atoms. The molecule has 1 unspecified atom stereocenters. The van der Waals surface area contributed by atoms with E-state index in [1.807, 2.05) is 6.92 Å². The Balaban J connectivity index is -0.000000980. The smallest absolute Gasteiger partial charge is 0.549 e. The third kappa shape index (κ3) is 6.02. The predicted octanol–water partition coefficient (Wildman–Crippen LogP) is -6.28. The van der Waals surface area contributed by atoms with Gasteiger partial charge in [0.1, 0.15) is 0 Å². The van der Waals surface area contributed by atoms with Crippen LogP contribution in [0.4, 0.5) is 0 Å². The second kappa shape index (κ2) is 10.1. The summed E-state index contributed by atoms with van der Waals surface area (Å²) in [5.41, 5.74) is -1.88. The molecule has 0 aromatic heterocycles. The second-order valence-electron chi connectivity index (χ2n) is 4.17. The number of aliphatic carboxylic acids is 2. The van der Waals surface area contributed by atoms with Crippen molar-refractivity contribution < 1.29 is 57.5 Å². The molecule has 0 aromatic rings. The van der Waals surface area contributed by atoms with Crippen LogP contribution in [-0.4, -0.2) is 11.9 Å². The fourth-order valence-electron chi connectivity index (χ4n) is 1.47. The van der Waals surface area contributed by atoms with Crippen LogP contribution < -0.4 is 47.9 Å². The molecule has 0 radical (unpaired) electrons. The van der Waals surface area contributed by atoms with Gasteiger partial charge in [0.05, 0.1) is 11.9 Å². The molecule has 6 heteroatoms. The van der Waals surface area contributed by atoms with Crippen LogP contribution in [0, 0.1) is 11.3 Å². The molecule has 0 saturated heterocycles. The average molecular weight is 228 g/mol. The first-order chi connectivity index (χ1) is 6.87. The summed E-state index contributed by atoms with van der Waals surface area (Å²) in [5.74, 6) is -3.60. The quantitative estimate of drug-likeness (QED) is 0.246. The van der Waals surface area contributed by atoms with Crippen molar-refractivity contribution in [1.82, 2.24) is 0 Å². The van der Waals surface area contributed by atoms with Gasteiger partial charge >= 0.3 is 37.7 Å². The molecule has 1 atom stereocenters. The van der Waals surface area contributed by atoms with E-state index < -0.39 is 23.3 Å². The molecule has 0 heterocycles. The van der Waals surface area contributed by atoms with Crippen molar-refractivity contribution in [3.63, 3.8) is 0 Å². The van der Waals surface area contributed by atoms with E-state index in [1.54, 1.807) is 6.92 Å². The maximum atomic E-state index is 10.8. The van der Waals surface area contributed by atoms with Gasteiger partial charge in [0, 0.05) is 5.41 Å². The first-order valence-corrected chi connectivity index (χ1v) is 5.30. The Morgan fingerprint density at radius 2 is 1.53 bits per heavy atom. The molecule has 0 aliphatic carbocycles. The van der Waals surface area contributed by atoms with Crippen LogP contribution in [0.5, 0.6) is 0 Å². The van der Waals surface area contributed by atoms with Gasteiger partial charge in [-0.05, 0) is 19.3 Å². The molecule has 0 saturated carbocycles. The number of hydrogen-bond acceptors (Lipinski definition) is 4. The van der Waals surface area contributed by atoms with Gasteiger partial charge in [-0.15, -0.1) is 0 Å². The second-order valence-corrected chi connectivity index (χ2v) is 4.17. The fourth-order valence-corrected chi connectivity index (χ4v) is 1.47. The van der Waals surface area contributed by atoms with Crippen LogP contribution in [0.25, 0.3) is 0 Å². The van der Waals surface area contributed by atoms with Crippen molar-refractivity contribution in [2.45, 2.75) is 46.5 Å². The van der Waals surface area contributed by atoms with Crippen molar-refractivity contribution in [3.05, 3.63) is 0 Å². The van der Waals surface area contributed by atoms with Crippen molar-refractivity contribution in [1.29, 1.82) is 0 Å². The zero-order valence-corrected chi connectivity index (χ0v) is 11.5. The van der Waals surface area contributed by atoms with E-state index in [1.165, 1.54) is 0 Å². The molecule has 88 valence electrons. The Morgan fingerprint density at radius 1 is 1.12 bits per heavy atom. The SMILES string of the molecule is CCCCCC(C)C(C)(C(=O)[O-])C(=O)[O-].[Li+].[Li+]. The zero-order valence-electron chi connectivity index (χ0n) is 11.5. The topological polar surface area (TPSA) is 80.3 Å². The number of rotatable bonds is 7. The van der Waals surface area contributed by atoms with Crippen molar-refractivity contribution in [3.8, 4) is 0 Å². The molecule has 0 spiro atoms. The number of carbonyl (C=O) groups excluding carboxylic acids is 2. The van der Waals surface area contributed by atoms with Crippen LogP contribution in [0.3, 0.4) is 0 Å². The van der Waals surface area contributed by atoms with E-state index in [9.17, 15) is 19.8 Å². The molecule has 0 aliphatic heterocycles. The van der Waals surface area contributed by atoms with Gasteiger partial charge in [-0.25, -0.2) is 0 Å². The van der Waals surface area contributed by atoms with Crippen molar-refractivity contribution in [2.24, 2.45) is 11.3 Å². The summed E-state index contributed by atoms with van der Waals surface area (Å²) in [6.45, 7) is 4.80. The number of carboxylic acid groups (broad SMARTS) is 2. The first kappa shape index (κ1) is 22.3. The minimum Gasteiger partial charge on any atom is -0.549 e. The predicted molar refractivity (Wildman–Crippen MR) is 51.4 cm³/mol. The summed E-state index contributed by atoms with van der Waals surface area (Å²) >= 11 is 0. The standard InChI is InChI=1S/C11H20O4.2Li/c1-4-5-6-7-8(2)11(3,9(12)13)10(14)15;;/h8H,4-7H2,1-3H3,(H,12,13)(H,14,15);;/q;2*+1/p-2. The van der Waals surface area contributed by atoms with Crippen LogP contribution in [0.15, 0.2) is 0 Å². The normalized spacial score (nSPS) is 11.9. The molecular formula is C11H18Li2O4. The van der Waals surface area contributed by atoms with Gasteiger partial charge < -0.3 is 19.8 Å². The van der Waals surface area contributed by atoms with Gasteiger partial charge in [-0.3, -0.25) is 0 Å². The minimum atomic E-state index is -1.88. The fraction of sp³-hybridized carbons (Fsp3) is 0.818. The minimum absolute atomic E-state index is 0. The maximum absolute atomic E-state index is 10.8. The van der Waals surface area contributed by atoms with Crippen LogP contribution in [-0.2, 0) is 9.59 Å². The summed E-state index contributed by atoms with van der Waals surface area (Å²) in [5, 5.41) is 21.6. The van der Waals surface area contributed by atoms with Gasteiger partial charge in [-0.2, -0.15) is 0 Å². The summed E-state index contributed by atoms with van der Waals surface area (Å²) in [6.07, 6.45) is 3.38. The van der Waals surface area contributed by atoms with Gasteiger partial charge in [-0.1, -0.05) is 33.1 Å². The van der Waals surface area contributed by atoms with Crippen LogP contribution >= 0.6 is 0 Å². The zero-order chi connectivity index (χ0) is 12.1. The molecule has 17 heavy (non-hydrogen) atoms. The number of carbonyl (C=O) groups is 2. The summed E-state index contributed by atoms with van der Waals surface area (Å²) in [4.78, 5) is 21.6. The van der Waals surface area contributed by atoms with E-state index in [0.29, 0.717) is 6.42 Å². The Morgan fingerprint density at radius 3 is 1.82 bits per heavy atom. The van der Waals surface area contributed by atoms with Crippen LogP contribution in [0.2, 0.25) is 0 Å². The van der Waals surface area contributed by atoms with Crippen molar-refractivity contribution in [2.75, 3.05) is 0 Å². The Labute approximate surface area is 127 Å². The first-order valence-electron chi connectivity index (χ1n) is 5.30. The molecule has 0 aromatic carbocycles. The maximum Gasteiger partial charge on any atom is 1.00 e. The Bertz CT molecular complexity index is 230. The monoisotopic (exact) mass is 228 g/mol. The molecule has 0 N–H and O–H groups in total. The van der Waals surface area contributed by atoms with E-state index in [2.05, 4.69) is 0 Å². The molecule has 0 amide bonds. The largest absolute Gasteiger partial charge is 1.00 e. The van der Waals surface area contributed by atoms with Crippen LogP contribution in [0.1, 0.15) is 46.5 Å². The van der Waals surface area contributed by atoms with Gasteiger partial charge in [0.15, 0.2) is 0 Å². The van der Waals surface area contributed by atoms with Gasteiger partial charge in [0.25, 0.3) is 0 Å². The molecule has 0 fully saturated rings. The summed E-state index contributed by atoms with van der Waals surface area (Å²) < 4.78 is 0. The number of unbranched alkanes of at least 4 members (excludes halogenated alkanes) is 2. The Hall–Kier alpha value is 0.135. The molecule has 0 aliphatic rings. The number of carboxylic acids is 2. The van der Waals surface area contributed by atoms with E-state index in [-0.39, 0.29) is 37.7 Å². The Kier molecular flexibility index (Phi) is 13.3. The van der Waals surface area contributed by atoms with E-state index >= 15 is 0 Å². The third-order valence-electron chi connectivity index (χ3n) is 3.07. The number of hydrogen-bond donors (Lipinski definition) is 0. The average Bonchev–Trinajstić information content (AvgIpc) is 2.15. The van der Waals surface area contributed by atoms with E-state index in [0.717, 1.165) is 26.2 Å². The summed E-state index contributed by atoms with van der Waals surface area (Å²) in [6, 6.07) is 0. The molecule has 4 nitrogen and oxygen atoms in total. The van der Waals surface area contributed by atoms with Crippen molar-refractivity contribution >= 4 is 11.9 Å². The summed E-state index contributed by atoms with van der Waals surface area (Å²) in [7, 11) is 0.